The molecule has 0 amide bonds. The molecule has 0 aromatic carbocycles. The Labute approximate surface area is 136 Å². The fourth-order valence-corrected chi connectivity index (χ4v) is 1.30. The largest absolute Gasteiger partial charge is 2.00 e. The number of halogens is 1. The molecule has 0 atom stereocenters. The molecule has 0 aromatic rings. The van der Waals surface area contributed by atoms with Crippen molar-refractivity contribution in [1.82, 2.24) is 0 Å². The Morgan fingerprint density at radius 2 is 1.22 bits per heavy atom. The van der Waals surface area contributed by atoms with Crippen LogP contribution in [0, 0.1) is 12.2 Å². The molecule has 0 radical (unpaired) electrons. The fourth-order valence-electron chi connectivity index (χ4n) is 1.30. The predicted molar refractivity (Wildman–Crippen MR) is 74.5 cm³/mol. The summed E-state index contributed by atoms with van der Waals surface area (Å²) in [6, 6.07) is 0. The van der Waals surface area contributed by atoms with Gasteiger partial charge in [-0.3, -0.25) is 16.4 Å². The first-order valence-electron chi connectivity index (χ1n) is 5.66. The molecule has 98 valence electrons. The van der Waals surface area contributed by atoms with Crippen LogP contribution >= 0.6 is 11.9 Å². The van der Waals surface area contributed by atoms with Crippen molar-refractivity contribution in [3.05, 3.63) is 46.6 Å². The summed E-state index contributed by atoms with van der Waals surface area (Å²) in [6.07, 6.45) is 12.8. The second kappa shape index (κ2) is 12.1. The zero-order chi connectivity index (χ0) is 13.3. The Bertz CT molecular complexity index is 286. The molecule has 18 heavy (non-hydrogen) atoms. The van der Waals surface area contributed by atoms with Crippen molar-refractivity contribution in [2.45, 2.75) is 40.5 Å². The van der Waals surface area contributed by atoms with Crippen LogP contribution in [0.2, 0.25) is 0 Å². The van der Waals surface area contributed by atoms with E-state index in [9.17, 15) is 0 Å². The first-order chi connectivity index (χ1) is 8.02. The maximum absolute atomic E-state index is 4.50. The van der Waals surface area contributed by atoms with Gasteiger partial charge in [-0.2, -0.15) is 12.2 Å². The van der Waals surface area contributed by atoms with Crippen LogP contribution in [-0.2, 0) is 30.5 Å². The summed E-state index contributed by atoms with van der Waals surface area (Å²) < 4.78 is 3.72. The first kappa shape index (κ1) is 20.4. The molecular weight excluding hydrogens is 323 g/mol. The SMILES string of the molecule is CC1=[C-]CC=C1C.CC1=[C-]CC=C1C.COCl.[Zr+2]. The second-order valence-electron chi connectivity index (χ2n) is 3.94. The molecule has 2 aliphatic rings. The topological polar surface area (TPSA) is 9.23 Å². The van der Waals surface area contributed by atoms with E-state index in [0.717, 1.165) is 12.8 Å². The minimum absolute atomic E-state index is 0. The molecule has 0 unspecified atom stereocenters. The van der Waals surface area contributed by atoms with Crippen molar-refractivity contribution in [3.8, 4) is 0 Å². The van der Waals surface area contributed by atoms with Crippen LogP contribution in [0.4, 0.5) is 0 Å². The summed E-state index contributed by atoms with van der Waals surface area (Å²) in [5, 5.41) is 0. The van der Waals surface area contributed by atoms with Crippen LogP contribution < -0.4 is 0 Å². The molecule has 0 bridgehead atoms. The summed E-state index contributed by atoms with van der Waals surface area (Å²) >= 11 is 4.50. The van der Waals surface area contributed by atoms with Gasteiger partial charge < -0.3 is 0 Å². The number of allylic oxidation sites excluding steroid dienone is 8. The van der Waals surface area contributed by atoms with Crippen LogP contribution in [0.15, 0.2) is 34.4 Å². The minimum atomic E-state index is 0. The van der Waals surface area contributed by atoms with Gasteiger partial charge in [0, 0.05) is 0 Å². The normalized spacial score (nSPS) is 15.9. The van der Waals surface area contributed by atoms with Crippen LogP contribution in [-0.4, -0.2) is 7.11 Å². The molecule has 0 fully saturated rings. The number of hydrogen-bond donors (Lipinski definition) is 0. The standard InChI is InChI=1S/2C7H9.CH3ClO.Zr/c2*1-6-4-3-5-7(6)2;1-3-2;/h2*4H,3H2,1-2H3;1H3;/q2*-1;;+2. The molecular formula is C15H21ClOZr. The zero-order valence-electron chi connectivity index (χ0n) is 11.9. The monoisotopic (exact) mass is 342 g/mol. The Morgan fingerprint density at radius 3 is 1.28 bits per heavy atom. The second-order valence-corrected chi connectivity index (χ2v) is 4.25. The van der Waals surface area contributed by atoms with E-state index in [1.54, 1.807) is 0 Å². The Kier molecular flexibility index (Phi) is 13.8. The molecule has 0 spiro atoms. The van der Waals surface area contributed by atoms with Crippen LogP contribution in [0.5, 0.6) is 0 Å². The summed E-state index contributed by atoms with van der Waals surface area (Å²) in [5.74, 6) is 0. The van der Waals surface area contributed by atoms with Crippen molar-refractivity contribution in [1.29, 1.82) is 0 Å². The van der Waals surface area contributed by atoms with Crippen molar-refractivity contribution in [2.24, 2.45) is 0 Å². The van der Waals surface area contributed by atoms with E-state index in [2.05, 4.69) is 68.2 Å². The molecule has 2 aliphatic carbocycles. The smallest absolute Gasteiger partial charge is 0.283 e. The van der Waals surface area contributed by atoms with Crippen molar-refractivity contribution < 1.29 is 30.5 Å². The van der Waals surface area contributed by atoms with Gasteiger partial charge in [-0.05, 0) is 0 Å². The molecule has 0 aromatic heterocycles. The molecule has 1 nitrogen and oxygen atoms in total. The average molecular weight is 344 g/mol. The Balaban J connectivity index is 0. The van der Waals surface area contributed by atoms with Crippen LogP contribution in [0.1, 0.15) is 40.5 Å². The third-order valence-electron chi connectivity index (χ3n) is 2.73. The molecule has 0 aliphatic heterocycles. The summed E-state index contributed by atoms with van der Waals surface area (Å²) in [4.78, 5) is 0. The molecule has 0 saturated carbocycles. The van der Waals surface area contributed by atoms with E-state index < -0.39 is 0 Å². The molecule has 0 heterocycles. The first-order valence-corrected chi connectivity index (χ1v) is 5.97. The van der Waals surface area contributed by atoms with Crippen LogP contribution in [0.3, 0.4) is 0 Å². The quantitative estimate of drug-likeness (QED) is 0.565. The van der Waals surface area contributed by atoms with Crippen molar-refractivity contribution in [3.63, 3.8) is 0 Å². The summed E-state index contributed by atoms with van der Waals surface area (Å²) in [7, 11) is 1.39. The zero-order valence-corrected chi connectivity index (χ0v) is 15.1. The maximum atomic E-state index is 4.50. The summed E-state index contributed by atoms with van der Waals surface area (Å²) in [6.45, 7) is 8.43. The van der Waals surface area contributed by atoms with E-state index in [1.165, 1.54) is 29.4 Å². The van der Waals surface area contributed by atoms with Crippen molar-refractivity contribution in [2.75, 3.05) is 7.11 Å². The third kappa shape index (κ3) is 9.08. The van der Waals surface area contributed by atoms with Gasteiger partial charge in [0.2, 0.25) is 0 Å². The molecule has 0 N–H and O–H groups in total. The van der Waals surface area contributed by atoms with Gasteiger partial charge in [0.25, 0.3) is 0 Å². The van der Waals surface area contributed by atoms with Gasteiger partial charge in [-0.15, -0.1) is 26.7 Å². The van der Waals surface area contributed by atoms with E-state index in [1.807, 2.05) is 0 Å². The van der Waals surface area contributed by atoms with Gasteiger partial charge >= 0.3 is 26.2 Å². The van der Waals surface area contributed by atoms with Gasteiger partial charge in [0.1, 0.15) is 0 Å². The van der Waals surface area contributed by atoms with E-state index in [0.29, 0.717) is 0 Å². The summed E-state index contributed by atoms with van der Waals surface area (Å²) in [5.41, 5.74) is 5.42. The van der Waals surface area contributed by atoms with Gasteiger partial charge in [-0.25, -0.2) is 22.3 Å². The van der Waals surface area contributed by atoms with Gasteiger partial charge in [-0.1, -0.05) is 13.8 Å². The third-order valence-corrected chi connectivity index (χ3v) is 2.73. The maximum Gasteiger partial charge on any atom is 2.00 e. The fraction of sp³-hybridized carbons (Fsp3) is 0.467. The number of rotatable bonds is 0. The van der Waals surface area contributed by atoms with Gasteiger partial charge in [0.05, 0.1) is 19.0 Å². The molecule has 2 rings (SSSR count). The van der Waals surface area contributed by atoms with Crippen molar-refractivity contribution >= 4 is 11.9 Å². The molecule has 3 heteroatoms. The molecule has 0 saturated heterocycles. The average Bonchev–Trinajstić information content (AvgIpc) is 2.81. The van der Waals surface area contributed by atoms with Gasteiger partial charge in [0.15, 0.2) is 0 Å². The van der Waals surface area contributed by atoms with E-state index in [4.69, 9.17) is 0 Å². The van der Waals surface area contributed by atoms with E-state index >= 15 is 0 Å². The Hall–Kier alpha value is 0.0931. The Morgan fingerprint density at radius 1 is 0.944 bits per heavy atom. The predicted octanol–water partition coefficient (Wildman–Crippen LogP) is 4.96. The van der Waals surface area contributed by atoms with E-state index in [-0.39, 0.29) is 26.2 Å². The minimum Gasteiger partial charge on any atom is -0.283 e. The van der Waals surface area contributed by atoms with Crippen LogP contribution in [0.25, 0.3) is 0 Å². The number of hydrogen-bond acceptors (Lipinski definition) is 1.